The van der Waals surface area contributed by atoms with Crippen molar-refractivity contribution in [1.82, 2.24) is 5.32 Å². The summed E-state index contributed by atoms with van der Waals surface area (Å²) in [4.78, 5) is 12.5. The third kappa shape index (κ3) is 3.32. The van der Waals surface area contributed by atoms with Gasteiger partial charge < -0.3 is 10.4 Å². The maximum Gasteiger partial charge on any atom is 0.225 e. The molecule has 0 radical (unpaired) electrons. The molecule has 3 nitrogen and oxygen atoms in total. The summed E-state index contributed by atoms with van der Waals surface area (Å²) in [6.45, 7) is 7.79. The van der Waals surface area contributed by atoms with Gasteiger partial charge in [-0.3, -0.25) is 4.79 Å². The third-order valence-electron chi connectivity index (χ3n) is 2.34. The molecule has 1 amide bonds. The van der Waals surface area contributed by atoms with E-state index < -0.39 is 11.5 Å². The average molecular weight is 241 g/mol. The molecule has 0 bridgehead atoms. The van der Waals surface area contributed by atoms with E-state index in [2.05, 4.69) is 5.32 Å². The Hall–Kier alpha value is -0.870. The molecule has 1 rings (SSSR count). The van der Waals surface area contributed by atoms with Crippen molar-refractivity contribution in [3.05, 3.63) is 21.9 Å². The number of hydrogen-bond donors (Lipinski definition) is 2. The highest BCUT2D eigenvalue weighted by atomic mass is 32.1. The van der Waals surface area contributed by atoms with Gasteiger partial charge in [0.1, 0.15) is 6.10 Å². The second kappa shape index (κ2) is 4.97. The number of aryl methyl sites for hydroxylation is 1. The van der Waals surface area contributed by atoms with Crippen LogP contribution < -0.4 is 5.32 Å². The molecule has 0 fully saturated rings. The highest BCUT2D eigenvalue weighted by Gasteiger charge is 2.22. The number of thiophene rings is 1. The van der Waals surface area contributed by atoms with Gasteiger partial charge in [0, 0.05) is 16.8 Å². The van der Waals surface area contributed by atoms with Crippen LogP contribution in [0.25, 0.3) is 0 Å². The first-order valence-corrected chi connectivity index (χ1v) is 6.20. The fraction of sp³-hybridized carbons (Fsp3) is 0.583. The lowest BCUT2D eigenvalue weighted by Gasteiger charge is -2.19. The van der Waals surface area contributed by atoms with Gasteiger partial charge in [-0.2, -0.15) is 0 Å². The zero-order chi connectivity index (χ0) is 12.3. The molecule has 1 aromatic heterocycles. The number of carbonyl (C=O) groups excluding carboxylic acids is 1. The van der Waals surface area contributed by atoms with Crippen LogP contribution in [-0.4, -0.2) is 17.6 Å². The van der Waals surface area contributed by atoms with Crippen molar-refractivity contribution in [3.63, 3.8) is 0 Å². The number of rotatable bonds is 3. The van der Waals surface area contributed by atoms with Gasteiger partial charge in [0.2, 0.25) is 5.91 Å². The molecule has 2 N–H and O–H groups in total. The zero-order valence-electron chi connectivity index (χ0n) is 10.2. The molecule has 1 heterocycles. The van der Waals surface area contributed by atoms with E-state index in [1.807, 2.05) is 39.1 Å². The maximum atomic E-state index is 11.6. The van der Waals surface area contributed by atoms with Crippen LogP contribution in [0.1, 0.15) is 37.3 Å². The standard InChI is InChI=1S/C12H19NO2S/c1-8-5-6-16-10(8)9(14)7-13-11(15)12(2,3)4/h5-6,9,14H,7H2,1-4H3,(H,13,15). The lowest BCUT2D eigenvalue weighted by Crippen LogP contribution is -2.37. The minimum absolute atomic E-state index is 0.0410. The van der Waals surface area contributed by atoms with Crippen molar-refractivity contribution in [3.8, 4) is 0 Å². The summed E-state index contributed by atoms with van der Waals surface area (Å²) in [5.74, 6) is -0.0410. The van der Waals surface area contributed by atoms with E-state index in [0.29, 0.717) is 0 Å². The molecule has 1 atom stereocenters. The molecule has 1 aromatic rings. The Labute approximate surface area is 100 Å². The van der Waals surface area contributed by atoms with E-state index in [4.69, 9.17) is 0 Å². The quantitative estimate of drug-likeness (QED) is 0.852. The number of hydrogen-bond acceptors (Lipinski definition) is 3. The molecule has 0 spiro atoms. The van der Waals surface area contributed by atoms with E-state index in [-0.39, 0.29) is 12.5 Å². The van der Waals surface area contributed by atoms with E-state index in [9.17, 15) is 9.90 Å². The van der Waals surface area contributed by atoms with E-state index >= 15 is 0 Å². The summed E-state index contributed by atoms with van der Waals surface area (Å²) < 4.78 is 0. The third-order valence-corrected chi connectivity index (χ3v) is 3.46. The molecule has 4 heteroatoms. The molecule has 90 valence electrons. The van der Waals surface area contributed by atoms with Crippen molar-refractivity contribution >= 4 is 17.2 Å². The summed E-state index contributed by atoms with van der Waals surface area (Å²) in [6, 6.07) is 1.97. The van der Waals surface area contributed by atoms with Crippen molar-refractivity contribution in [2.45, 2.75) is 33.8 Å². The molecule has 0 aliphatic rings. The van der Waals surface area contributed by atoms with Crippen LogP contribution in [0.5, 0.6) is 0 Å². The SMILES string of the molecule is Cc1ccsc1C(O)CNC(=O)C(C)(C)C. The van der Waals surface area contributed by atoms with Gasteiger partial charge in [-0.05, 0) is 23.9 Å². The van der Waals surface area contributed by atoms with Crippen molar-refractivity contribution in [2.75, 3.05) is 6.54 Å². The second-order valence-electron chi connectivity index (χ2n) is 4.94. The summed E-state index contributed by atoms with van der Waals surface area (Å²) in [5, 5.41) is 14.6. The van der Waals surface area contributed by atoms with Crippen LogP contribution in [0, 0.1) is 12.3 Å². The Morgan fingerprint density at radius 1 is 1.56 bits per heavy atom. The van der Waals surface area contributed by atoms with Crippen molar-refractivity contribution < 1.29 is 9.90 Å². The largest absolute Gasteiger partial charge is 0.386 e. The highest BCUT2D eigenvalue weighted by molar-refractivity contribution is 7.10. The average Bonchev–Trinajstić information content (AvgIpc) is 2.58. The molecule has 0 saturated heterocycles. The van der Waals surface area contributed by atoms with Crippen LogP contribution >= 0.6 is 11.3 Å². The molecular formula is C12H19NO2S. The Bertz CT molecular complexity index is 365. The minimum Gasteiger partial charge on any atom is -0.386 e. The highest BCUT2D eigenvalue weighted by Crippen LogP contribution is 2.23. The number of aliphatic hydroxyl groups is 1. The number of carbonyl (C=O) groups is 1. The number of aliphatic hydroxyl groups excluding tert-OH is 1. The van der Waals surface area contributed by atoms with Crippen LogP contribution in [0.3, 0.4) is 0 Å². The summed E-state index contributed by atoms with van der Waals surface area (Å²) >= 11 is 1.52. The summed E-state index contributed by atoms with van der Waals surface area (Å²) in [7, 11) is 0. The molecular weight excluding hydrogens is 222 g/mol. The Balaban J connectivity index is 2.51. The number of nitrogens with one attached hydrogen (secondary N) is 1. The van der Waals surface area contributed by atoms with Crippen LogP contribution in [0.15, 0.2) is 11.4 Å². The fourth-order valence-electron chi connectivity index (χ4n) is 1.27. The van der Waals surface area contributed by atoms with Gasteiger partial charge >= 0.3 is 0 Å². The molecule has 0 aliphatic heterocycles. The maximum absolute atomic E-state index is 11.6. The molecule has 1 unspecified atom stereocenters. The lowest BCUT2D eigenvalue weighted by atomic mass is 9.95. The second-order valence-corrected chi connectivity index (χ2v) is 5.89. The number of amides is 1. The van der Waals surface area contributed by atoms with Crippen molar-refractivity contribution in [2.24, 2.45) is 5.41 Å². The van der Waals surface area contributed by atoms with Crippen LogP contribution in [0.2, 0.25) is 0 Å². The van der Waals surface area contributed by atoms with E-state index in [1.165, 1.54) is 11.3 Å². The fourth-order valence-corrected chi connectivity index (χ4v) is 2.19. The van der Waals surface area contributed by atoms with Gasteiger partial charge in [0.15, 0.2) is 0 Å². The predicted molar refractivity (Wildman–Crippen MR) is 66.5 cm³/mol. The molecule has 16 heavy (non-hydrogen) atoms. The molecule has 0 saturated carbocycles. The Morgan fingerprint density at radius 3 is 2.62 bits per heavy atom. The van der Waals surface area contributed by atoms with E-state index in [0.717, 1.165) is 10.4 Å². The molecule has 0 aliphatic carbocycles. The van der Waals surface area contributed by atoms with Gasteiger partial charge in [0.25, 0.3) is 0 Å². The topological polar surface area (TPSA) is 49.3 Å². The van der Waals surface area contributed by atoms with Gasteiger partial charge in [-0.25, -0.2) is 0 Å². The summed E-state index contributed by atoms with van der Waals surface area (Å²) in [5.41, 5.74) is 0.659. The Kier molecular flexibility index (Phi) is 4.10. The monoisotopic (exact) mass is 241 g/mol. The first-order chi connectivity index (χ1) is 7.32. The predicted octanol–water partition coefficient (Wildman–Crippen LogP) is 2.25. The van der Waals surface area contributed by atoms with Gasteiger partial charge in [0.05, 0.1) is 0 Å². The normalized spacial score (nSPS) is 13.6. The first kappa shape index (κ1) is 13.2. The van der Waals surface area contributed by atoms with Gasteiger partial charge in [-0.15, -0.1) is 11.3 Å². The van der Waals surface area contributed by atoms with Crippen LogP contribution in [0.4, 0.5) is 0 Å². The van der Waals surface area contributed by atoms with Gasteiger partial charge in [-0.1, -0.05) is 20.8 Å². The summed E-state index contributed by atoms with van der Waals surface area (Å²) in [6.07, 6.45) is -0.605. The first-order valence-electron chi connectivity index (χ1n) is 5.32. The van der Waals surface area contributed by atoms with Crippen molar-refractivity contribution in [1.29, 1.82) is 0 Å². The Morgan fingerprint density at radius 2 is 2.19 bits per heavy atom. The lowest BCUT2D eigenvalue weighted by molar-refractivity contribution is -0.128. The minimum atomic E-state index is -0.605. The molecule has 0 aromatic carbocycles. The smallest absolute Gasteiger partial charge is 0.225 e. The van der Waals surface area contributed by atoms with E-state index in [1.54, 1.807) is 0 Å². The van der Waals surface area contributed by atoms with Crippen LogP contribution in [-0.2, 0) is 4.79 Å². The zero-order valence-corrected chi connectivity index (χ0v) is 11.0.